The Labute approximate surface area is 129 Å². The van der Waals surface area contributed by atoms with Gasteiger partial charge in [0.1, 0.15) is 11.2 Å². The van der Waals surface area contributed by atoms with E-state index in [1.54, 1.807) is 30.3 Å². The topological polar surface area (TPSA) is 46.6 Å². The molecular weight excluding hydrogens is 306 g/mol. The molecule has 2 heterocycles. The lowest BCUT2D eigenvalue weighted by Crippen LogP contribution is -2.43. The first-order chi connectivity index (χ1) is 10.0. The second kappa shape index (κ2) is 5.77. The average Bonchev–Trinajstić information content (AvgIpc) is 2.42. The molecule has 1 unspecified atom stereocenters. The minimum absolute atomic E-state index is 0.174. The van der Waals surface area contributed by atoms with Gasteiger partial charge in [0, 0.05) is 18.5 Å². The molecule has 0 N–H and O–H groups in total. The van der Waals surface area contributed by atoms with Crippen molar-refractivity contribution in [3.63, 3.8) is 0 Å². The zero-order valence-corrected chi connectivity index (χ0v) is 13.4. The molecule has 1 atom stereocenters. The van der Waals surface area contributed by atoms with Crippen molar-refractivity contribution in [2.45, 2.75) is 23.6 Å². The fourth-order valence-electron chi connectivity index (χ4n) is 2.19. The quantitative estimate of drug-likeness (QED) is 0.630. The minimum atomic E-state index is -3.72. The van der Waals surface area contributed by atoms with Crippen LogP contribution in [-0.4, -0.2) is 31.0 Å². The Morgan fingerprint density at radius 2 is 2.10 bits per heavy atom. The number of hydrogen-bond donors (Lipinski definition) is 0. The molecule has 6 heteroatoms. The summed E-state index contributed by atoms with van der Waals surface area (Å²) in [4.78, 5) is 2.44. The highest BCUT2D eigenvalue weighted by Gasteiger charge is 2.28. The number of nitrogens with zero attached hydrogens (tertiary/aromatic N) is 1. The van der Waals surface area contributed by atoms with Gasteiger partial charge in [0.2, 0.25) is 0 Å². The maximum absolute atomic E-state index is 12.0. The highest BCUT2D eigenvalue weighted by atomic mass is 32.2. The molecule has 0 aromatic heterocycles. The fraction of sp³-hybridized carbons (Fsp3) is 0.333. The molecule has 0 radical (unpaired) electrons. The summed E-state index contributed by atoms with van der Waals surface area (Å²) in [6.45, 7) is 2.99. The van der Waals surface area contributed by atoms with Crippen LogP contribution in [0.5, 0.6) is 0 Å². The SMILES string of the molecule is Cc1ccc(S(=O)(=O)OC=CC2=CN3CCC3SC2)cc1. The Hall–Kier alpha value is -1.40. The van der Waals surface area contributed by atoms with Gasteiger partial charge in [0.25, 0.3) is 0 Å². The Morgan fingerprint density at radius 3 is 2.71 bits per heavy atom. The standard InChI is InChI=1S/C15H17NO3S2/c1-12-2-4-14(5-3-12)21(17,18)19-9-7-13-10-16-8-6-15(16)20-11-13/h2-5,7,9-10,15H,6,8,11H2,1H3. The molecule has 0 bridgehead atoms. The third-order valence-electron chi connectivity index (χ3n) is 3.55. The molecule has 2 aliphatic rings. The second-order valence-electron chi connectivity index (χ2n) is 5.16. The lowest BCUT2D eigenvalue weighted by molar-refractivity contribution is 0.228. The summed E-state index contributed by atoms with van der Waals surface area (Å²) in [5.41, 5.74) is 2.09. The Morgan fingerprint density at radius 1 is 1.33 bits per heavy atom. The molecule has 4 nitrogen and oxygen atoms in total. The summed E-state index contributed by atoms with van der Waals surface area (Å²) in [7, 11) is -3.72. The van der Waals surface area contributed by atoms with Crippen LogP contribution in [0.1, 0.15) is 12.0 Å². The Kier molecular flexibility index (Phi) is 3.99. The molecule has 0 spiro atoms. The van der Waals surface area contributed by atoms with E-state index in [4.69, 9.17) is 4.18 Å². The van der Waals surface area contributed by atoms with Crippen LogP contribution in [0.25, 0.3) is 0 Å². The molecule has 1 fully saturated rings. The van der Waals surface area contributed by atoms with Gasteiger partial charge in [-0.3, -0.25) is 0 Å². The molecule has 112 valence electrons. The first-order valence-corrected chi connectivity index (χ1v) is 9.25. The number of rotatable bonds is 4. The summed E-state index contributed by atoms with van der Waals surface area (Å²) in [5.74, 6) is 0.894. The third kappa shape index (κ3) is 3.27. The third-order valence-corrected chi connectivity index (χ3v) is 6.16. The Balaban J connectivity index is 1.65. The van der Waals surface area contributed by atoms with Crippen LogP contribution >= 0.6 is 11.8 Å². The van der Waals surface area contributed by atoms with Crippen LogP contribution in [-0.2, 0) is 14.3 Å². The van der Waals surface area contributed by atoms with Crippen LogP contribution < -0.4 is 0 Å². The fourth-order valence-corrected chi connectivity index (χ4v) is 4.16. The van der Waals surface area contributed by atoms with Gasteiger partial charge in [0.15, 0.2) is 0 Å². The van der Waals surface area contributed by atoms with E-state index in [0.717, 1.165) is 23.4 Å². The van der Waals surface area contributed by atoms with Crippen molar-refractivity contribution in [3.05, 3.63) is 53.9 Å². The van der Waals surface area contributed by atoms with Crippen LogP contribution in [0, 0.1) is 6.92 Å². The predicted octanol–water partition coefficient (Wildman–Crippen LogP) is 2.88. The maximum Gasteiger partial charge on any atom is 0.338 e. The summed E-state index contributed by atoms with van der Waals surface area (Å²) < 4.78 is 29.0. The number of hydrogen-bond acceptors (Lipinski definition) is 5. The molecule has 0 aliphatic carbocycles. The smallest absolute Gasteiger partial charge is 0.338 e. The summed E-state index contributed by atoms with van der Waals surface area (Å²) >= 11 is 1.88. The monoisotopic (exact) mass is 323 g/mol. The van der Waals surface area contributed by atoms with Crippen molar-refractivity contribution in [3.8, 4) is 0 Å². The lowest BCUT2D eigenvalue weighted by Gasteiger charge is -2.43. The molecular formula is C15H17NO3S2. The zero-order valence-electron chi connectivity index (χ0n) is 11.7. The van der Waals surface area contributed by atoms with Crippen LogP contribution in [0.2, 0.25) is 0 Å². The van der Waals surface area contributed by atoms with E-state index in [1.165, 1.54) is 12.7 Å². The van der Waals surface area contributed by atoms with E-state index in [9.17, 15) is 8.42 Å². The van der Waals surface area contributed by atoms with Gasteiger partial charge in [-0.05, 0) is 37.1 Å². The zero-order chi connectivity index (χ0) is 14.9. The number of fused-ring (bicyclic) bond motifs is 1. The number of allylic oxidation sites excluding steroid dienone is 1. The number of aryl methyl sites for hydroxylation is 1. The Bertz CT molecular complexity index is 677. The average molecular weight is 323 g/mol. The predicted molar refractivity (Wildman–Crippen MR) is 84.2 cm³/mol. The van der Waals surface area contributed by atoms with Crippen LogP contribution in [0.3, 0.4) is 0 Å². The molecule has 3 rings (SSSR count). The second-order valence-corrected chi connectivity index (χ2v) is 7.90. The number of benzene rings is 1. The maximum atomic E-state index is 12.0. The first-order valence-electron chi connectivity index (χ1n) is 6.79. The van der Waals surface area contributed by atoms with Crippen LogP contribution in [0.15, 0.2) is 53.3 Å². The van der Waals surface area contributed by atoms with Gasteiger partial charge in [-0.2, -0.15) is 8.42 Å². The number of thioether (sulfide) groups is 1. The van der Waals surface area contributed by atoms with E-state index in [1.807, 2.05) is 18.7 Å². The van der Waals surface area contributed by atoms with E-state index in [-0.39, 0.29) is 4.90 Å². The van der Waals surface area contributed by atoms with Gasteiger partial charge in [-0.15, -0.1) is 11.8 Å². The van der Waals surface area contributed by atoms with Gasteiger partial charge in [0.05, 0.1) is 5.37 Å². The molecule has 1 saturated heterocycles. The van der Waals surface area contributed by atoms with E-state index in [0.29, 0.717) is 5.37 Å². The largest absolute Gasteiger partial charge is 0.387 e. The van der Waals surface area contributed by atoms with Crippen molar-refractivity contribution in [2.24, 2.45) is 0 Å². The van der Waals surface area contributed by atoms with Gasteiger partial charge >= 0.3 is 10.1 Å². The molecule has 21 heavy (non-hydrogen) atoms. The first kappa shape index (κ1) is 14.5. The van der Waals surface area contributed by atoms with E-state index in [2.05, 4.69) is 11.1 Å². The van der Waals surface area contributed by atoms with Gasteiger partial charge in [-0.25, -0.2) is 0 Å². The molecule has 1 aromatic rings. The van der Waals surface area contributed by atoms with E-state index < -0.39 is 10.1 Å². The molecule has 2 aliphatic heterocycles. The minimum Gasteiger partial charge on any atom is -0.387 e. The van der Waals surface area contributed by atoms with Crippen molar-refractivity contribution in [2.75, 3.05) is 12.3 Å². The molecule has 1 aromatic carbocycles. The van der Waals surface area contributed by atoms with E-state index >= 15 is 0 Å². The summed E-state index contributed by atoms with van der Waals surface area (Å²) in [6, 6.07) is 6.62. The molecule has 0 saturated carbocycles. The normalized spacial score (nSPS) is 21.7. The highest BCUT2D eigenvalue weighted by molar-refractivity contribution is 8.00. The highest BCUT2D eigenvalue weighted by Crippen LogP contribution is 2.34. The van der Waals surface area contributed by atoms with Crippen molar-refractivity contribution < 1.29 is 12.6 Å². The van der Waals surface area contributed by atoms with Crippen molar-refractivity contribution >= 4 is 21.9 Å². The summed E-state index contributed by atoms with van der Waals surface area (Å²) in [6.07, 6.45) is 6.31. The lowest BCUT2D eigenvalue weighted by atomic mass is 10.2. The van der Waals surface area contributed by atoms with Crippen LogP contribution in [0.4, 0.5) is 0 Å². The van der Waals surface area contributed by atoms with Gasteiger partial charge < -0.3 is 9.08 Å². The van der Waals surface area contributed by atoms with Gasteiger partial charge in [-0.1, -0.05) is 17.7 Å². The van der Waals surface area contributed by atoms with Crippen molar-refractivity contribution in [1.29, 1.82) is 0 Å². The van der Waals surface area contributed by atoms with Crippen molar-refractivity contribution in [1.82, 2.24) is 4.90 Å². The molecule has 0 amide bonds. The summed E-state index contributed by atoms with van der Waals surface area (Å²) in [5, 5.41) is 0.611.